The highest BCUT2D eigenvalue weighted by Crippen LogP contribution is 2.38. The molecule has 0 unspecified atom stereocenters. The van der Waals surface area contributed by atoms with E-state index >= 15 is 0 Å². The van der Waals surface area contributed by atoms with Gasteiger partial charge in [0.1, 0.15) is 11.3 Å². The predicted molar refractivity (Wildman–Crippen MR) is 119 cm³/mol. The van der Waals surface area contributed by atoms with Crippen LogP contribution in [0.5, 0.6) is 5.75 Å². The van der Waals surface area contributed by atoms with E-state index in [1.54, 1.807) is 19.9 Å². The third kappa shape index (κ3) is 4.74. The lowest BCUT2D eigenvalue weighted by atomic mass is 9.81. The van der Waals surface area contributed by atoms with Crippen molar-refractivity contribution in [3.63, 3.8) is 0 Å². The number of carbonyl (C=O) groups is 1. The molecule has 0 bridgehead atoms. The standard InChI is InChI=1S/C25H30N2O4/c1-24(2,23(28)29)31-19-10-8-9-18(17-19)13-16-26-25(14-6-3-7-15-25)22-27-20-11-4-5-12-21(20)30-22/h4-5,8-12,17,26H,3,6-7,13-16H2,1-2H3,(H,28,29). The van der Waals surface area contributed by atoms with Crippen molar-refractivity contribution in [2.24, 2.45) is 0 Å². The molecule has 1 fully saturated rings. The summed E-state index contributed by atoms with van der Waals surface area (Å²) >= 11 is 0. The molecule has 0 atom stereocenters. The smallest absolute Gasteiger partial charge is 0.347 e. The van der Waals surface area contributed by atoms with E-state index in [4.69, 9.17) is 14.1 Å². The van der Waals surface area contributed by atoms with E-state index in [1.165, 1.54) is 6.42 Å². The number of fused-ring (bicyclic) bond motifs is 1. The summed E-state index contributed by atoms with van der Waals surface area (Å²) < 4.78 is 11.8. The Morgan fingerprint density at radius 2 is 1.94 bits per heavy atom. The van der Waals surface area contributed by atoms with Crippen molar-refractivity contribution in [2.75, 3.05) is 6.54 Å². The van der Waals surface area contributed by atoms with Crippen LogP contribution in [0.2, 0.25) is 0 Å². The minimum atomic E-state index is -1.27. The molecular formula is C25H30N2O4. The first-order chi connectivity index (χ1) is 14.9. The van der Waals surface area contributed by atoms with Crippen molar-refractivity contribution in [2.45, 2.75) is 63.5 Å². The molecule has 0 aliphatic heterocycles. The number of aromatic nitrogens is 1. The van der Waals surface area contributed by atoms with Crippen molar-refractivity contribution in [3.8, 4) is 5.75 Å². The number of hydrogen-bond donors (Lipinski definition) is 2. The molecule has 1 saturated carbocycles. The Bertz CT molecular complexity index is 1020. The molecule has 0 radical (unpaired) electrons. The van der Waals surface area contributed by atoms with Crippen molar-refractivity contribution in [3.05, 3.63) is 60.0 Å². The zero-order valence-corrected chi connectivity index (χ0v) is 18.2. The second-order valence-corrected chi connectivity index (χ2v) is 8.87. The molecule has 0 amide bonds. The van der Waals surface area contributed by atoms with Gasteiger partial charge in [-0.3, -0.25) is 0 Å². The Morgan fingerprint density at radius 3 is 2.68 bits per heavy atom. The van der Waals surface area contributed by atoms with Gasteiger partial charge >= 0.3 is 5.97 Å². The van der Waals surface area contributed by atoms with Gasteiger partial charge in [-0.25, -0.2) is 9.78 Å². The first-order valence-corrected chi connectivity index (χ1v) is 11.0. The Labute approximate surface area is 182 Å². The van der Waals surface area contributed by atoms with E-state index < -0.39 is 11.6 Å². The Morgan fingerprint density at radius 1 is 1.16 bits per heavy atom. The highest BCUT2D eigenvalue weighted by Gasteiger charge is 2.38. The number of carboxylic acids is 1. The van der Waals surface area contributed by atoms with Crippen LogP contribution in [0, 0.1) is 0 Å². The second kappa shape index (κ2) is 8.71. The molecule has 3 aromatic rings. The highest BCUT2D eigenvalue weighted by atomic mass is 16.5. The molecule has 6 heteroatoms. The molecule has 2 aromatic carbocycles. The molecular weight excluding hydrogens is 392 g/mol. The van der Waals surface area contributed by atoms with Gasteiger partial charge < -0.3 is 19.6 Å². The summed E-state index contributed by atoms with van der Waals surface area (Å²) in [6.07, 6.45) is 6.36. The fraction of sp³-hybridized carbons (Fsp3) is 0.440. The van der Waals surface area contributed by atoms with Gasteiger partial charge in [0.25, 0.3) is 0 Å². The summed E-state index contributed by atoms with van der Waals surface area (Å²) in [6, 6.07) is 15.6. The van der Waals surface area contributed by atoms with Gasteiger partial charge in [0.05, 0.1) is 5.54 Å². The van der Waals surface area contributed by atoms with Crippen LogP contribution in [0.25, 0.3) is 11.1 Å². The lowest BCUT2D eigenvalue weighted by molar-refractivity contribution is -0.152. The molecule has 31 heavy (non-hydrogen) atoms. The quantitative estimate of drug-likeness (QED) is 0.528. The summed E-state index contributed by atoms with van der Waals surface area (Å²) in [5.41, 5.74) is 1.31. The highest BCUT2D eigenvalue weighted by molar-refractivity contribution is 5.76. The van der Waals surface area contributed by atoms with E-state index in [0.29, 0.717) is 5.75 Å². The monoisotopic (exact) mass is 422 g/mol. The van der Waals surface area contributed by atoms with Gasteiger partial charge in [-0.05, 0) is 62.9 Å². The van der Waals surface area contributed by atoms with Crippen molar-refractivity contribution in [1.82, 2.24) is 10.3 Å². The number of benzene rings is 2. The Hall–Kier alpha value is -2.86. The second-order valence-electron chi connectivity index (χ2n) is 8.87. The number of rotatable bonds is 8. The maximum Gasteiger partial charge on any atom is 0.347 e. The molecule has 1 aliphatic rings. The summed E-state index contributed by atoms with van der Waals surface area (Å²) in [5, 5.41) is 13.1. The van der Waals surface area contributed by atoms with Gasteiger partial charge in [0, 0.05) is 6.54 Å². The Kier molecular flexibility index (Phi) is 6.01. The minimum Gasteiger partial charge on any atom is -0.478 e. The van der Waals surface area contributed by atoms with Crippen LogP contribution in [-0.2, 0) is 16.8 Å². The molecule has 1 aliphatic carbocycles. The SMILES string of the molecule is CC(C)(Oc1cccc(CCNC2(c3nc4ccccc4o3)CCCCC2)c1)C(=O)O. The van der Waals surface area contributed by atoms with Gasteiger partial charge in [0.2, 0.25) is 5.89 Å². The number of hydrogen-bond acceptors (Lipinski definition) is 5. The molecule has 1 heterocycles. The number of aliphatic carboxylic acids is 1. The average molecular weight is 423 g/mol. The summed E-state index contributed by atoms with van der Waals surface area (Å²) in [7, 11) is 0. The lowest BCUT2D eigenvalue weighted by Crippen LogP contribution is -2.45. The summed E-state index contributed by atoms with van der Waals surface area (Å²) in [6.45, 7) is 3.87. The Balaban J connectivity index is 1.46. The van der Waals surface area contributed by atoms with E-state index in [1.807, 2.05) is 42.5 Å². The van der Waals surface area contributed by atoms with Crippen LogP contribution in [0.3, 0.4) is 0 Å². The number of nitrogens with one attached hydrogen (secondary N) is 1. The fourth-order valence-electron chi connectivity index (χ4n) is 4.25. The maximum atomic E-state index is 11.3. The van der Waals surface area contributed by atoms with E-state index in [-0.39, 0.29) is 5.54 Å². The van der Waals surface area contributed by atoms with Crippen LogP contribution in [0.1, 0.15) is 57.4 Å². The zero-order chi connectivity index (χ0) is 21.9. The van der Waals surface area contributed by atoms with Gasteiger partial charge in [-0.2, -0.15) is 0 Å². The minimum absolute atomic E-state index is 0.239. The van der Waals surface area contributed by atoms with Crippen LogP contribution < -0.4 is 10.1 Å². The average Bonchev–Trinajstić information content (AvgIpc) is 3.19. The molecule has 6 nitrogen and oxygen atoms in total. The summed E-state index contributed by atoms with van der Waals surface area (Å²) in [4.78, 5) is 16.1. The van der Waals surface area contributed by atoms with Gasteiger partial charge in [-0.15, -0.1) is 0 Å². The van der Waals surface area contributed by atoms with E-state index in [2.05, 4.69) is 5.32 Å². The fourth-order valence-corrected chi connectivity index (χ4v) is 4.25. The number of oxazole rings is 1. The van der Waals surface area contributed by atoms with Crippen LogP contribution in [0.4, 0.5) is 0 Å². The topological polar surface area (TPSA) is 84.6 Å². The third-order valence-corrected chi connectivity index (χ3v) is 6.07. The first-order valence-electron chi connectivity index (χ1n) is 11.0. The number of para-hydroxylation sites is 2. The molecule has 0 spiro atoms. The van der Waals surface area contributed by atoms with Crippen molar-refractivity contribution < 1.29 is 19.1 Å². The van der Waals surface area contributed by atoms with Crippen molar-refractivity contribution in [1.29, 1.82) is 0 Å². The van der Waals surface area contributed by atoms with Crippen molar-refractivity contribution >= 4 is 17.1 Å². The molecule has 2 N–H and O–H groups in total. The van der Waals surface area contributed by atoms with E-state index in [9.17, 15) is 9.90 Å². The third-order valence-electron chi connectivity index (χ3n) is 6.07. The lowest BCUT2D eigenvalue weighted by Gasteiger charge is -2.35. The predicted octanol–water partition coefficient (Wildman–Crippen LogP) is 5.06. The molecule has 0 saturated heterocycles. The summed E-state index contributed by atoms with van der Waals surface area (Å²) in [5.74, 6) is 0.363. The normalized spacial score (nSPS) is 16.3. The van der Waals surface area contributed by atoms with Crippen LogP contribution in [-0.4, -0.2) is 28.2 Å². The van der Waals surface area contributed by atoms with E-state index in [0.717, 1.165) is 61.2 Å². The first kappa shape index (κ1) is 21.4. The van der Waals surface area contributed by atoms with Crippen LogP contribution in [0.15, 0.2) is 52.9 Å². The molecule has 4 rings (SSSR count). The largest absolute Gasteiger partial charge is 0.478 e. The number of nitrogens with zero attached hydrogens (tertiary/aromatic N) is 1. The maximum absolute atomic E-state index is 11.3. The number of ether oxygens (including phenoxy) is 1. The van der Waals surface area contributed by atoms with Gasteiger partial charge in [0.15, 0.2) is 11.2 Å². The van der Waals surface area contributed by atoms with Gasteiger partial charge in [-0.1, -0.05) is 43.5 Å². The van der Waals surface area contributed by atoms with Crippen LogP contribution >= 0.6 is 0 Å². The molecule has 1 aromatic heterocycles. The number of carboxylic acid groups (broad SMARTS) is 1. The molecule has 164 valence electrons. The zero-order valence-electron chi connectivity index (χ0n) is 18.2.